The summed E-state index contributed by atoms with van der Waals surface area (Å²) in [5.74, 6) is -0.635. The van der Waals surface area contributed by atoms with Crippen LogP contribution in [-0.4, -0.2) is 24.3 Å². The van der Waals surface area contributed by atoms with Crippen LogP contribution in [0.3, 0.4) is 0 Å². The number of hydrogen-bond donors (Lipinski definition) is 3. The summed E-state index contributed by atoms with van der Waals surface area (Å²) in [7, 11) is 0. The number of rotatable bonds is 6. The summed E-state index contributed by atoms with van der Waals surface area (Å²) in [4.78, 5) is 36.4. The highest BCUT2D eigenvalue weighted by Gasteiger charge is 2.10. The van der Waals surface area contributed by atoms with E-state index >= 15 is 0 Å². The molecule has 0 saturated carbocycles. The number of ether oxygens (including phenoxy) is 1. The van der Waals surface area contributed by atoms with Gasteiger partial charge in [-0.3, -0.25) is 25.2 Å². The number of hydrazine groups is 1. The topological polar surface area (TPSA) is 96.5 Å². The van der Waals surface area contributed by atoms with Crippen molar-refractivity contribution in [2.24, 2.45) is 0 Å². The van der Waals surface area contributed by atoms with Crippen LogP contribution in [0.2, 0.25) is 0 Å². The Morgan fingerprint density at radius 3 is 2.10 bits per heavy atom. The van der Waals surface area contributed by atoms with Crippen molar-refractivity contribution in [2.75, 3.05) is 11.9 Å². The first-order valence-corrected chi connectivity index (χ1v) is 9.67. The molecule has 0 saturated heterocycles. The third-order valence-corrected chi connectivity index (χ3v) is 4.36. The molecular formula is C24H23N3O4. The number of carbonyl (C=O) groups is 3. The summed E-state index contributed by atoms with van der Waals surface area (Å²) in [6, 6.07) is 20.9. The maximum Gasteiger partial charge on any atom is 0.276 e. The summed E-state index contributed by atoms with van der Waals surface area (Å²) in [5.41, 5.74) is 8.08. The third kappa shape index (κ3) is 6.43. The van der Waals surface area contributed by atoms with Gasteiger partial charge in [0.05, 0.1) is 0 Å². The summed E-state index contributed by atoms with van der Waals surface area (Å²) in [6.07, 6.45) is 0. The number of benzene rings is 3. The van der Waals surface area contributed by atoms with Crippen LogP contribution >= 0.6 is 0 Å². The van der Waals surface area contributed by atoms with Gasteiger partial charge in [-0.05, 0) is 67.9 Å². The average Bonchev–Trinajstić information content (AvgIpc) is 2.76. The number of carbonyl (C=O) groups excluding carboxylic acids is 3. The molecule has 7 nitrogen and oxygen atoms in total. The Bertz CT molecular complexity index is 1090. The molecule has 0 heterocycles. The Labute approximate surface area is 180 Å². The van der Waals surface area contributed by atoms with Gasteiger partial charge >= 0.3 is 0 Å². The van der Waals surface area contributed by atoms with E-state index in [0.29, 0.717) is 22.6 Å². The van der Waals surface area contributed by atoms with Crippen LogP contribution < -0.4 is 20.9 Å². The molecule has 31 heavy (non-hydrogen) atoms. The molecule has 0 aliphatic rings. The van der Waals surface area contributed by atoms with Gasteiger partial charge in [0.2, 0.25) is 0 Å². The Morgan fingerprint density at radius 2 is 1.42 bits per heavy atom. The molecular weight excluding hydrogens is 394 g/mol. The van der Waals surface area contributed by atoms with Gasteiger partial charge in [0, 0.05) is 16.8 Å². The fourth-order valence-electron chi connectivity index (χ4n) is 2.78. The highest BCUT2D eigenvalue weighted by Crippen LogP contribution is 2.13. The molecule has 0 fully saturated rings. The van der Waals surface area contributed by atoms with E-state index in [0.717, 1.165) is 11.1 Å². The third-order valence-electron chi connectivity index (χ3n) is 4.36. The number of aryl methyl sites for hydroxylation is 2. The molecule has 0 aliphatic heterocycles. The smallest absolute Gasteiger partial charge is 0.276 e. The molecule has 158 valence electrons. The average molecular weight is 417 g/mol. The quantitative estimate of drug-likeness (QED) is 0.536. The molecule has 0 aromatic heterocycles. The minimum Gasteiger partial charge on any atom is -0.484 e. The number of amides is 3. The Kier molecular flexibility index (Phi) is 7.01. The molecule has 0 atom stereocenters. The van der Waals surface area contributed by atoms with Gasteiger partial charge in [-0.2, -0.15) is 0 Å². The second-order valence-electron chi connectivity index (χ2n) is 7.01. The van der Waals surface area contributed by atoms with E-state index in [4.69, 9.17) is 4.74 Å². The van der Waals surface area contributed by atoms with E-state index in [-0.39, 0.29) is 12.5 Å². The van der Waals surface area contributed by atoms with Crippen LogP contribution in [0.5, 0.6) is 5.75 Å². The van der Waals surface area contributed by atoms with Crippen molar-refractivity contribution in [2.45, 2.75) is 13.8 Å². The van der Waals surface area contributed by atoms with E-state index in [1.54, 1.807) is 42.5 Å². The molecule has 3 aromatic rings. The van der Waals surface area contributed by atoms with Crippen molar-refractivity contribution in [3.8, 4) is 5.75 Å². The zero-order valence-corrected chi connectivity index (χ0v) is 17.3. The summed E-state index contributed by atoms with van der Waals surface area (Å²) in [6.45, 7) is 3.61. The minimum atomic E-state index is -0.489. The van der Waals surface area contributed by atoms with E-state index in [2.05, 4.69) is 16.2 Å². The Balaban J connectivity index is 1.47. The Morgan fingerprint density at radius 1 is 0.742 bits per heavy atom. The summed E-state index contributed by atoms with van der Waals surface area (Å²) in [5, 5.41) is 2.78. The molecule has 0 aliphatic carbocycles. The molecule has 0 radical (unpaired) electrons. The number of nitrogens with one attached hydrogen (secondary N) is 3. The predicted molar refractivity (Wildman–Crippen MR) is 118 cm³/mol. The summed E-state index contributed by atoms with van der Waals surface area (Å²) >= 11 is 0. The fourth-order valence-corrected chi connectivity index (χ4v) is 2.78. The first-order chi connectivity index (χ1) is 14.9. The first kappa shape index (κ1) is 21.6. The van der Waals surface area contributed by atoms with E-state index in [9.17, 15) is 14.4 Å². The molecule has 0 spiro atoms. The molecule has 3 amide bonds. The van der Waals surface area contributed by atoms with Gasteiger partial charge in [-0.25, -0.2) is 0 Å². The van der Waals surface area contributed by atoms with Crippen molar-refractivity contribution in [1.82, 2.24) is 10.9 Å². The number of hydrogen-bond acceptors (Lipinski definition) is 4. The fraction of sp³-hybridized carbons (Fsp3) is 0.125. The van der Waals surface area contributed by atoms with Gasteiger partial charge < -0.3 is 10.1 Å². The molecule has 3 N–H and O–H groups in total. The van der Waals surface area contributed by atoms with Crippen LogP contribution in [0, 0.1) is 13.8 Å². The largest absolute Gasteiger partial charge is 0.484 e. The van der Waals surface area contributed by atoms with E-state index in [1.807, 2.05) is 44.2 Å². The van der Waals surface area contributed by atoms with Crippen LogP contribution in [0.4, 0.5) is 5.69 Å². The number of anilines is 1. The summed E-state index contributed by atoms with van der Waals surface area (Å²) < 4.78 is 5.38. The lowest BCUT2D eigenvalue weighted by molar-refractivity contribution is -0.123. The highest BCUT2D eigenvalue weighted by molar-refractivity contribution is 6.04. The Hall–Kier alpha value is -4.13. The molecule has 3 rings (SSSR count). The van der Waals surface area contributed by atoms with Gasteiger partial charge in [0.15, 0.2) is 6.61 Å². The van der Waals surface area contributed by atoms with Crippen molar-refractivity contribution in [3.63, 3.8) is 0 Å². The standard InChI is InChI=1S/C24H23N3O4/c1-16-5-3-7-19(13-16)23(29)25-20-11-9-18(10-12-20)24(30)27-26-22(28)15-31-21-8-4-6-17(2)14-21/h3-14H,15H2,1-2H3,(H,25,29)(H,26,28)(H,27,30). The lowest BCUT2D eigenvalue weighted by Gasteiger charge is -2.10. The van der Waals surface area contributed by atoms with Crippen LogP contribution in [-0.2, 0) is 4.79 Å². The first-order valence-electron chi connectivity index (χ1n) is 9.67. The van der Waals surface area contributed by atoms with Crippen LogP contribution in [0.25, 0.3) is 0 Å². The van der Waals surface area contributed by atoms with Crippen LogP contribution in [0.15, 0.2) is 72.8 Å². The van der Waals surface area contributed by atoms with Gasteiger partial charge in [0.1, 0.15) is 5.75 Å². The predicted octanol–water partition coefficient (Wildman–Crippen LogP) is 3.40. The van der Waals surface area contributed by atoms with Crippen molar-refractivity contribution < 1.29 is 19.1 Å². The zero-order chi connectivity index (χ0) is 22.2. The van der Waals surface area contributed by atoms with Gasteiger partial charge in [0.25, 0.3) is 17.7 Å². The van der Waals surface area contributed by atoms with Crippen LogP contribution in [0.1, 0.15) is 31.8 Å². The maximum absolute atomic E-state index is 12.3. The van der Waals surface area contributed by atoms with Crippen molar-refractivity contribution >= 4 is 23.4 Å². The lowest BCUT2D eigenvalue weighted by atomic mass is 10.1. The molecule has 7 heteroatoms. The monoisotopic (exact) mass is 417 g/mol. The van der Waals surface area contributed by atoms with E-state index < -0.39 is 11.8 Å². The SMILES string of the molecule is Cc1cccc(OCC(=O)NNC(=O)c2ccc(NC(=O)c3cccc(C)c3)cc2)c1. The zero-order valence-electron chi connectivity index (χ0n) is 17.3. The molecule has 0 bridgehead atoms. The minimum absolute atomic E-state index is 0.229. The van der Waals surface area contributed by atoms with Gasteiger partial charge in [-0.15, -0.1) is 0 Å². The van der Waals surface area contributed by atoms with Gasteiger partial charge in [-0.1, -0.05) is 29.8 Å². The normalized spacial score (nSPS) is 10.1. The highest BCUT2D eigenvalue weighted by atomic mass is 16.5. The van der Waals surface area contributed by atoms with E-state index in [1.165, 1.54) is 0 Å². The molecule has 0 unspecified atom stereocenters. The lowest BCUT2D eigenvalue weighted by Crippen LogP contribution is -2.43. The van der Waals surface area contributed by atoms with Crippen molar-refractivity contribution in [1.29, 1.82) is 0 Å². The second-order valence-corrected chi connectivity index (χ2v) is 7.01. The van der Waals surface area contributed by atoms with Crippen molar-refractivity contribution in [3.05, 3.63) is 95.1 Å². The second kappa shape index (κ2) is 10.1. The molecule has 3 aromatic carbocycles. The maximum atomic E-state index is 12.3.